The molecular formula is C4H12N3PS. The molecule has 1 fully saturated rings. The molecule has 0 aromatic rings. The number of nitrogens with two attached hydrogens (primary N) is 2. The van der Waals surface area contributed by atoms with Crippen molar-refractivity contribution >= 4 is 18.3 Å². The van der Waals surface area contributed by atoms with E-state index in [1.807, 2.05) is 0 Å². The van der Waals surface area contributed by atoms with E-state index in [0.717, 1.165) is 0 Å². The largest absolute Gasteiger partial charge is 0.280 e. The van der Waals surface area contributed by atoms with Crippen LogP contribution in [0.1, 0.15) is 19.3 Å². The van der Waals surface area contributed by atoms with Crippen molar-refractivity contribution in [3.8, 4) is 0 Å². The van der Waals surface area contributed by atoms with Crippen LogP contribution in [0.4, 0.5) is 0 Å². The lowest BCUT2D eigenvalue weighted by atomic mass is 9.94. The van der Waals surface area contributed by atoms with E-state index in [1.54, 1.807) is 0 Å². The molecule has 0 aromatic carbocycles. The Hall–Kier alpha value is 0.530. The third-order valence-electron chi connectivity index (χ3n) is 1.49. The molecule has 0 unspecified atom stereocenters. The Morgan fingerprint density at radius 1 is 1.44 bits per heavy atom. The Kier molecular flexibility index (Phi) is 2.24. The molecule has 54 valence electrons. The Labute approximate surface area is 60.3 Å². The molecule has 1 aliphatic carbocycles. The van der Waals surface area contributed by atoms with Gasteiger partial charge in [0, 0.05) is 6.04 Å². The monoisotopic (exact) mass is 165 g/mol. The zero-order valence-corrected chi connectivity index (χ0v) is 6.92. The van der Waals surface area contributed by atoms with Crippen molar-refractivity contribution in [3.05, 3.63) is 0 Å². The summed E-state index contributed by atoms with van der Waals surface area (Å²) in [6.07, 6.45) is 3.66. The summed E-state index contributed by atoms with van der Waals surface area (Å²) in [5, 5.41) is 3.04. The van der Waals surface area contributed by atoms with Crippen LogP contribution >= 0.6 is 6.49 Å². The van der Waals surface area contributed by atoms with E-state index < -0.39 is 6.49 Å². The van der Waals surface area contributed by atoms with Crippen molar-refractivity contribution in [1.82, 2.24) is 5.09 Å². The molecule has 5 heteroatoms. The minimum absolute atomic E-state index is 0.519. The molecule has 1 saturated carbocycles. The van der Waals surface area contributed by atoms with Crippen molar-refractivity contribution in [2.24, 2.45) is 11.0 Å². The van der Waals surface area contributed by atoms with Crippen LogP contribution in [0.5, 0.6) is 0 Å². The van der Waals surface area contributed by atoms with Gasteiger partial charge in [0.15, 0.2) is 0 Å². The van der Waals surface area contributed by atoms with E-state index in [0.29, 0.717) is 6.04 Å². The van der Waals surface area contributed by atoms with Crippen molar-refractivity contribution < 1.29 is 0 Å². The maximum Gasteiger partial charge on any atom is 0.132 e. The lowest BCUT2D eigenvalue weighted by molar-refractivity contribution is 0.391. The molecule has 0 radical (unpaired) electrons. The fourth-order valence-corrected chi connectivity index (χ4v) is 2.10. The highest BCUT2D eigenvalue weighted by Gasteiger charge is 2.19. The number of rotatable bonds is 2. The molecule has 3 nitrogen and oxygen atoms in total. The lowest BCUT2D eigenvalue weighted by Crippen LogP contribution is -2.37. The Balaban J connectivity index is 2.24. The van der Waals surface area contributed by atoms with E-state index in [2.05, 4.69) is 5.09 Å². The van der Waals surface area contributed by atoms with Crippen LogP contribution in [-0.2, 0) is 11.8 Å². The van der Waals surface area contributed by atoms with Gasteiger partial charge >= 0.3 is 0 Å². The third-order valence-corrected chi connectivity index (χ3v) is 2.57. The van der Waals surface area contributed by atoms with Crippen molar-refractivity contribution in [1.29, 1.82) is 0 Å². The summed E-state index contributed by atoms with van der Waals surface area (Å²) < 4.78 is 0. The second-order valence-corrected chi connectivity index (χ2v) is 5.96. The van der Waals surface area contributed by atoms with Crippen LogP contribution in [0, 0.1) is 0 Å². The SMILES string of the molecule is NP(N)(=S)NC1CCC1. The zero-order chi connectivity index (χ0) is 6.91. The fraction of sp³-hybridized carbons (Fsp3) is 1.00. The fourth-order valence-electron chi connectivity index (χ4n) is 0.823. The molecule has 5 N–H and O–H groups in total. The summed E-state index contributed by atoms with van der Waals surface area (Å²) in [7, 11) is 0. The maximum atomic E-state index is 5.44. The highest BCUT2D eigenvalue weighted by Crippen LogP contribution is 2.28. The summed E-state index contributed by atoms with van der Waals surface area (Å²) in [4.78, 5) is 0. The molecule has 0 atom stereocenters. The van der Waals surface area contributed by atoms with Crippen LogP contribution in [-0.4, -0.2) is 6.04 Å². The molecule has 0 aliphatic heterocycles. The number of hydrogen-bond acceptors (Lipinski definition) is 1. The summed E-state index contributed by atoms with van der Waals surface area (Å²) >= 11 is 4.82. The Morgan fingerprint density at radius 2 is 2.00 bits per heavy atom. The van der Waals surface area contributed by atoms with Crippen molar-refractivity contribution in [3.63, 3.8) is 0 Å². The summed E-state index contributed by atoms with van der Waals surface area (Å²) in [6.45, 7) is -2.10. The van der Waals surface area contributed by atoms with Gasteiger partial charge in [-0.1, -0.05) is 6.42 Å². The van der Waals surface area contributed by atoms with Crippen LogP contribution in [0.3, 0.4) is 0 Å². The minimum atomic E-state index is -2.10. The van der Waals surface area contributed by atoms with Gasteiger partial charge in [0.25, 0.3) is 0 Å². The molecular weight excluding hydrogens is 153 g/mol. The van der Waals surface area contributed by atoms with Crippen LogP contribution in [0.15, 0.2) is 0 Å². The molecule has 0 saturated heterocycles. The van der Waals surface area contributed by atoms with E-state index >= 15 is 0 Å². The first-order chi connectivity index (χ1) is 4.08. The molecule has 1 rings (SSSR count). The first-order valence-electron chi connectivity index (χ1n) is 3.03. The predicted molar refractivity (Wildman–Crippen MR) is 43.4 cm³/mol. The van der Waals surface area contributed by atoms with Crippen LogP contribution < -0.4 is 16.1 Å². The molecule has 0 aromatic heterocycles. The summed E-state index contributed by atoms with van der Waals surface area (Å²) in [5.41, 5.74) is 10.9. The van der Waals surface area contributed by atoms with Crippen molar-refractivity contribution in [2.45, 2.75) is 25.3 Å². The number of nitrogens with one attached hydrogen (secondary N) is 1. The van der Waals surface area contributed by atoms with Crippen molar-refractivity contribution in [2.75, 3.05) is 0 Å². The molecule has 0 amide bonds. The van der Waals surface area contributed by atoms with E-state index in [4.69, 9.17) is 22.8 Å². The molecule has 0 spiro atoms. The van der Waals surface area contributed by atoms with Crippen LogP contribution in [0.25, 0.3) is 0 Å². The normalized spacial score (nSPS) is 21.6. The first kappa shape index (κ1) is 7.63. The summed E-state index contributed by atoms with van der Waals surface area (Å²) in [6, 6.07) is 0.519. The van der Waals surface area contributed by atoms with Gasteiger partial charge in [-0.15, -0.1) is 0 Å². The topological polar surface area (TPSA) is 64.1 Å². The standard InChI is InChI=1S/C4H12N3PS/c5-8(6,9)7-4-2-1-3-4/h4H,1-3H2,(H5,5,6,7,9). The second kappa shape index (κ2) is 2.64. The van der Waals surface area contributed by atoms with E-state index in [-0.39, 0.29) is 0 Å². The van der Waals surface area contributed by atoms with Gasteiger partial charge in [0.05, 0.1) is 0 Å². The predicted octanol–water partition coefficient (Wildman–Crippen LogP) is 0.270. The Bertz CT molecular complexity index is 139. The smallest absolute Gasteiger partial charge is 0.132 e. The molecule has 0 bridgehead atoms. The molecule has 9 heavy (non-hydrogen) atoms. The summed E-state index contributed by atoms with van der Waals surface area (Å²) in [5.74, 6) is 0. The zero-order valence-electron chi connectivity index (χ0n) is 5.21. The quantitative estimate of drug-likeness (QED) is 0.514. The van der Waals surface area contributed by atoms with Gasteiger partial charge in [0.1, 0.15) is 6.49 Å². The van der Waals surface area contributed by atoms with Gasteiger partial charge in [0.2, 0.25) is 0 Å². The number of hydrogen-bond donors (Lipinski definition) is 3. The first-order valence-corrected chi connectivity index (χ1v) is 5.97. The second-order valence-electron chi connectivity index (χ2n) is 2.47. The van der Waals surface area contributed by atoms with Gasteiger partial charge in [-0.2, -0.15) is 0 Å². The lowest BCUT2D eigenvalue weighted by Gasteiger charge is -2.29. The highest BCUT2D eigenvalue weighted by molar-refractivity contribution is 8.11. The van der Waals surface area contributed by atoms with E-state index in [1.165, 1.54) is 19.3 Å². The van der Waals surface area contributed by atoms with Gasteiger partial charge in [-0.3, -0.25) is 16.1 Å². The highest BCUT2D eigenvalue weighted by atomic mass is 32.4. The maximum absolute atomic E-state index is 5.44. The van der Waals surface area contributed by atoms with Crippen LogP contribution in [0.2, 0.25) is 0 Å². The Morgan fingerprint density at radius 3 is 2.11 bits per heavy atom. The van der Waals surface area contributed by atoms with E-state index in [9.17, 15) is 0 Å². The van der Waals surface area contributed by atoms with Gasteiger partial charge in [-0.05, 0) is 24.6 Å². The molecule has 0 heterocycles. The minimum Gasteiger partial charge on any atom is -0.280 e. The van der Waals surface area contributed by atoms with Gasteiger partial charge in [-0.25, -0.2) is 0 Å². The van der Waals surface area contributed by atoms with Gasteiger partial charge < -0.3 is 0 Å². The average Bonchev–Trinajstić information content (AvgIpc) is 1.53. The average molecular weight is 165 g/mol. The molecule has 1 aliphatic rings. The third kappa shape index (κ3) is 2.74.